The SMILES string of the molecule is CC(C)(C)OC(=O)N1C2CCC(CC2)C1OC=O. The van der Waals surface area contributed by atoms with Gasteiger partial charge in [-0.1, -0.05) is 0 Å². The molecule has 5 heteroatoms. The molecule has 1 unspecified atom stereocenters. The van der Waals surface area contributed by atoms with Crippen LogP contribution in [0.2, 0.25) is 0 Å². The topological polar surface area (TPSA) is 55.8 Å². The Kier molecular flexibility index (Phi) is 3.50. The first-order valence-electron chi connectivity index (χ1n) is 6.53. The molecule has 18 heavy (non-hydrogen) atoms. The molecule has 0 aromatic carbocycles. The van der Waals surface area contributed by atoms with Crippen molar-refractivity contribution < 1.29 is 19.1 Å². The number of amides is 1. The third-order valence-corrected chi connectivity index (χ3v) is 3.61. The lowest BCUT2D eigenvalue weighted by atomic mass is 9.78. The maximum Gasteiger partial charge on any atom is 0.413 e. The number of hydrogen-bond donors (Lipinski definition) is 0. The Morgan fingerprint density at radius 1 is 1.22 bits per heavy atom. The summed E-state index contributed by atoms with van der Waals surface area (Å²) in [6.07, 6.45) is 3.17. The van der Waals surface area contributed by atoms with E-state index in [0.29, 0.717) is 6.47 Å². The Bertz CT molecular complexity index is 328. The molecule has 0 aromatic heterocycles. The molecule has 2 saturated heterocycles. The summed E-state index contributed by atoms with van der Waals surface area (Å²) >= 11 is 0. The van der Waals surface area contributed by atoms with Crippen LogP contribution in [0.15, 0.2) is 0 Å². The second-order valence-corrected chi connectivity index (χ2v) is 6.08. The average molecular weight is 255 g/mol. The van der Waals surface area contributed by atoms with Crippen molar-refractivity contribution in [1.82, 2.24) is 4.90 Å². The van der Waals surface area contributed by atoms with E-state index in [0.717, 1.165) is 25.7 Å². The first kappa shape index (κ1) is 13.2. The third-order valence-electron chi connectivity index (χ3n) is 3.61. The van der Waals surface area contributed by atoms with E-state index in [-0.39, 0.29) is 18.1 Å². The van der Waals surface area contributed by atoms with E-state index in [2.05, 4.69) is 0 Å². The van der Waals surface area contributed by atoms with E-state index in [1.165, 1.54) is 0 Å². The van der Waals surface area contributed by atoms with Gasteiger partial charge in [0.25, 0.3) is 6.47 Å². The number of carbonyl (C=O) groups excluding carboxylic acids is 2. The predicted molar refractivity (Wildman–Crippen MR) is 64.8 cm³/mol. The van der Waals surface area contributed by atoms with Gasteiger partial charge in [0.1, 0.15) is 5.60 Å². The maximum atomic E-state index is 12.2. The van der Waals surface area contributed by atoms with E-state index in [1.54, 1.807) is 4.90 Å². The molecule has 1 aliphatic carbocycles. The van der Waals surface area contributed by atoms with Crippen LogP contribution in [0.1, 0.15) is 46.5 Å². The van der Waals surface area contributed by atoms with Crippen LogP contribution in [0.3, 0.4) is 0 Å². The highest BCUT2D eigenvalue weighted by atomic mass is 16.6. The standard InChI is InChI=1S/C13H21NO4/c1-13(2,3)18-12(16)14-10-6-4-9(5-7-10)11(14)17-8-15/h8-11H,4-7H2,1-3H3. The first-order valence-corrected chi connectivity index (χ1v) is 6.53. The van der Waals surface area contributed by atoms with E-state index in [4.69, 9.17) is 9.47 Å². The first-order chi connectivity index (χ1) is 8.42. The van der Waals surface area contributed by atoms with Crippen molar-refractivity contribution >= 4 is 12.6 Å². The quantitative estimate of drug-likeness (QED) is 0.710. The Balaban J connectivity index is 2.12. The van der Waals surface area contributed by atoms with Crippen molar-refractivity contribution in [3.8, 4) is 0 Å². The van der Waals surface area contributed by atoms with Crippen LogP contribution in [0.4, 0.5) is 4.79 Å². The minimum atomic E-state index is -0.528. The third kappa shape index (κ3) is 2.60. The minimum Gasteiger partial charge on any atom is -0.444 e. The second kappa shape index (κ2) is 4.78. The summed E-state index contributed by atoms with van der Waals surface area (Å²) < 4.78 is 10.5. The number of fused-ring (bicyclic) bond motifs is 3. The molecule has 0 aromatic rings. The molecule has 1 atom stereocenters. The lowest BCUT2D eigenvalue weighted by Gasteiger charge is -2.49. The lowest BCUT2D eigenvalue weighted by molar-refractivity contribution is -0.166. The molecule has 1 saturated carbocycles. The number of hydrogen-bond acceptors (Lipinski definition) is 4. The highest BCUT2D eigenvalue weighted by Gasteiger charge is 2.46. The van der Waals surface area contributed by atoms with Gasteiger partial charge in [0, 0.05) is 12.0 Å². The number of rotatable bonds is 2. The molecule has 0 N–H and O–H groups in total. The van der Waals surface area contributed by atoms with Gasteiger partial charge in [-0.15, -0.1) is 0 Å². The monoisotopic (exact) mass is 255 g/mol. The minimum absolute atomic E-state index is 0.148. The molecule has 2 aliphatic heterocycles. The number of piperidine rings is 2. The fourth-order valence-electron chi connectivity index (χ4n) is 2.90. The number of carbonyl (C=O) groups is 2. The van der Waals surface area contributed by atoms with Crippen LogP contribution < -0.4 is 0 Å². The van der Waals surface area contributed by atoms with Crippen LogP contribution in [-0.2, 0) is 14.3 Å². The summed E-state index contributed by atoms with van der Waals surface area (Å²) in [7, 11) is 0. The van der Waals surface area contributed by atoms with Crippen molar-refractivity contribution in [2.75, 3.05) is 0 Å². The van der Waals surface area contributed by atoms with Crippen molar-refractivity contribution in [2.24, 2.45) is 5.92 Å². The van der Waals surface area contributed by atoms with Gasteiger partial charge in [-0.05, 0) is 46.5 Å². The fourth-order valence-corrected chi connectivity index (χ4v) is 2.90. The van der Waals surface area contributed by atoms with Crippen molar-refractivity contribution in [2.45, 2.75) is 64.3 Å². The molecule has 102 valence electrons. The zero-order valence-corrected chi connectivity index (χ0v) is 11.2. The molecule has 3 rings (SSSR count). The van der Waals surface area contributed by atoms with Gasteiger partial charge in [0.2, 0.25) is 0 Å². The number of ether oxygens (including phenoxy) is 2. The smallest absolute Gasteiger partial charge is 0.413 e. The van der Waals surface area contributed by atoms with E-state index < -0.39 is 11.8 Å². The largest absolute Gasteiger partial charge is 0.444 e. The summed E-state index contributed by atoms with van der Waals surface area (Å²) in [4.78, 5) is 24.4. The van der Waals surface area contributed by atoms with Crippen molar-refractivity contribution in [1.29, 1.82) is 0 Å². The van der Waals surface area contributed by atoms with Crippen LogP contribution in [0.5, 0.6) is 0 Å². The second-order valence-electron chi connectivity index (χ2n) is 6.08. The van der Waals surface area contributed by atoms with Gasteiger partial charge in [-0.3, -0.25) is 9.69 Å². The molecule has 3 fully saturated rings. The van der Waals surface area contributed by atoms with Crippen LogP contribution >= 0.6 is 0 Å². The molecular formula is C13H21NO4. The van der Waals surface area contributed by atoms with Gasteiger partial charge in [0.05, 0.1) is 0 Å². The Labute approximate surface area is 107 Å². The van der Waals surface area contributed by atoms with Crippen molar-refractivity contribution in [3.05, 3.63) is 0 Å². The van der Waals surface area contributed by atoms with Crippen LogP contribution in [0, 0.1) is 5.92 Å². The van der Waals surface area contributed by atoms with Gasteiger partial charge >= 0.3 is 6.09 Å². The van der Waals surface area contributed by atoms with Gasteiger partial charge in [-0.2, -0.15) is 0 Å². The highest BCUT2D eigenvalue weighted by molar-refractivity contribution is 5.69. The number of nitrogens with zero attached hydrogens (tertiary/aromatic N) is 1. The molecule has 0 spiro atoms. The molecular weight excluding hydrogens is 234 g/mol. The van der Waals surface area contributed by atoms with Gasteiger partial charge in [0.15, 0.2) is 6.23 Å². The highest BCUT2D eigenvalue weighted by Crippen LogP contribution is 2.40. The van der Waals surface area contributed by atoms with Crippen molar-refractivity contribution in [3.63, 3.8) is 0 Å². The molecule has 2 bridgehead atoms. The van der Waals surface area contributed by atoms with Crippen LogP contribution in [0.25, 0.3) is 0 Å². The molecule has 1 amide bonds. The Hall–Kier alpha value is -1.26. The van der Waals surface area contributed by atoms with Gasteiger partial charge < -0.3 is 9.47 Å². The summed E-state index contributed by atoms with van der Waals surface area (Å²) in [6.45, 7) is 5.94. The Morgan fingerprint density at radius 2 is 1.83 bits per heavy atom. The molecule has 0 radical (unpaired) electrons. The van der Waals surface area contributed by atoms with E-state index in [9.17, 15) is 9.59 Å². The fraction of sp³-hybridized carbons (Fsp3) is 0.846. The van der Waals surface area contributed by atoms with E-state index >= 15 is 0 Å². The summed E-state index contributed by atoms with van der Waals surface area (Å²) in [5, 5.41) is 0. The predicted octanol–water partition coefficient (Wildman–Crippen LogP) is 2.29. The normalized spacial score (nSPS) is 31.1. The zero-order valence-electron chi connectivity index (χ0n) is 11.2. The summed E-state index contributed by atoms with van der Waals surface area (Å²) in [5.74, 6) is 0.257. The molecule has 5 nitrogen and oxygen atoms in total. The lowest BCUT2D eigenvalue weighted by Crippen LogP contribution is -2.59. The zero-order chi connectivity index (χ0) is 13.3. The maximum absolute atomic E-state index is 12.2. The average Bonchev–Trinajstić information content (AvgIpc) is 2.28. The molecule has 3 aliphatic rings. The van der Waals surface area contributed by atoms with Crippen LogP contribution in [-0.4, -0.2) is 35.3 Å². The summed E-state index contributed by atoms with van der Waals surface area (Å²) in [6, 6.07) is 0.148. The van der Waals surface area contributed by atoms with E-state index in [1.807, 2.05) is 20.8 Å². The summed E-state index contributed by atoms with van der Waals surface area (Å²) in [5.41, 5.74) is -0.528. The Morgan fingerprint density at radius 3 is 2.33 bits per heavy atom. The molecule has 2 heterocycles. The van der Waals surface area contributed by atoms with Gasteiger partial charge in [-0.25, -0.2) is 4.79 Å².